The lowest BCUT2D eigenvalue weighted by Gasteiger charge is -2.34. The number of rotatable bonds is 5. The number of fused-ring (bicyclic) bond motifs is 1. The van der Waals surface area contributed by atoms with Gasteiger partial charge in [0.1, 0.15) is 16.2 Å². The molecule has 0 spiro atoms. The summed E-state index contributed by atoms with van der Waals surface area (Å²) in [5.74, 6) is -0.122. The molecular weight excluding hydrogens is 428 g/mol. The maximum atomic E-state index is 13.1. The van der Waals surface area contributed by atoms with Gasteiger partial charge in [-0.25, -0.2) is 13.4 Å². The molecule has 0 atom stereocenters. The number of pyridine rings is 1. The lowest BCUT2D eigenvalue weighted by atomic mass is 10.2. The van der Waals surface area contributed by atoms with Crippen LogP contribution in [0.4, 0.5) is 0 Å². The minimum Gasteiger partial charge on any atom is -0.345 e. The molecule has 10 heteroatoms. The third-order valence-corrected chi connectivity index (χ3v) is 8.22. The van der Waals surface area contributed by atoms with Crippen molar-refractivity contribution in [3.05, 3.63) is 54.2 Å². The third-order valence-electron chi connectivity index (χ3n) is 6.36. The van der Waals surface area contributed by atoms with E-state index < -0.39 is 10.0 Å². The highest BCUT2D eigenvalue weighted by Gasteiger charge is 2.31. The summed E-state index contributed by atoms with van der Waals surface area (Å²) >= 11 is 0. The Morgan fingerprint density at radius 1 is 1.03 bits per heavy atom. The zero-order valence-corrected chi connectivity index (χ0v) is 19.0. The average Bonchev–Trinajstić information content (AvgIpc) is 3.53. The van der Waals surface area contributed by atoms with Crippen molar-refractivity contribution in [2.75, 3.05) is 39.3 Å². The Bertz CT molecular complexity index is 1200. The van der Waals surface area contributed by atoms with Gasteiger partial charge in [0.25, 0.3) is 5.91 Å². The van der Waals surface area contributed by atoms with Crippen LogP contribution in [-0.2, 0) is 23.6 Å². The van der Waals surface area contributed by atoms with Gasteiger partial charge in [-0.3, -0.25) is 9.69 Å². The number of imidazole rings is 1. The lowest BCUT2D eigenvalue weighted by Crippen LogP contribution is -2.48. The molecule has 0 aliphatic carbocycles. The van der Waals surface area contributed by atoms with Crippen molar-refractivity contribution in [1.82, 2.24) is 28.1 Å². The molecule has 0 N–H and O–H groups in total. The monoisotopic (exact) mass is 456 g/mol. The topological polar surface area (TPSA) is 83.2 Å². The summed E-state index contributed by atoms with van der Waals surface area (Å²) < 4.78 is 30.9. The molecule has 1 amide bonds. The van der Waals surface area contributed by atoms with Crippen molar-refractivity contribution < 1.29 is 13.2 Å². The molecule has 0 bridgehead atoms. The van der Waals surface area contributed by atoms with Crippen molar-refractivity contribution in [3.8, 4) is 0 Å². The van der Waals surface area contributed by atoms with Gasteiger partial charge in [0.2, 0.25) is 10.0 Å². The van der Waals surface area contributed by atoms with Crippen LogP contribution in [0.3, 0.4) is 0 Å². The lowest BCUT2D eigenvalue weighted by molar-refractivity contribution is 0.0618. The van der Waals surface area contributed by atoms with E-state index in [1.807, 2.05) is 39.9 Å². The molecule has 9 nitrogen and oxygen atoms in total. The minimum absolute atomic E-state index is 0.122. The number of amides is 1. The van der Waals surface area contributed by atoms with E-state index >= 15 is 0 Å². The van der Waals surface area contributed by atoms with Crippen molar-refractivity contribution in [2.24, 2.45) is 7.05 Å². The fourth-order valence-corrected chi connectivity index (χ4v) is 6.12. The van der Waals surface area contributed by atoms with Gasteiger partial charge < -0.3 is 13.9 Å². The molecule has 32 heavy (non-hydrogen) atoms. The quantitative estimate of drug-likeness (QED) is 0.580. The Hall–Kier alpha value is -2.69. The van der Waals surface area contributed by atoms with E-state index in [0.717, 1.165) is 43.8 Å². The summed E-state index contributed by atoms with van der Waals surface area (Å²) in [6.45, 7) is 4.55. The number of sulfonamides is 1. The zero-order valence-electron chi connectivity index (χ0n) is 18.2. The molecule has 3 aromatic heterocycles. The third kappa shape index (κ3) is 3.94. The van der Waals surface area contributed by atoms with Crippen LogP contribution < -0.4 is 0 Å². The standard InChI is InChI=1S/C22H28N6O3S/c1-24-17-19(32(30,31)28-8-4-5-9-28)14-20(24)22(29)26-12-10-25(11-13-26)15-18-16-27-7-3-2-6-21(27)23-18/h2-3,6-7,14,16-17H,4-5,8-13,15H2,1H3. The van der Waals surface area contributed by atoms with Crippen molar-refractivity contribution in [2.45, 2.75) is 24.3 Å². The van der Waals surface area contributed by atoms with Crippen LogP contribution in [0.1, 0.15) is 29.0 Å². The molecule has 0 saturated carbocycles. The van der Waals surface area contributed by atoms with Crippen LogP contribution in [-0.4, -0.2) is 81.7 Å². The van der Waals surface area contributed by atoms with Crippen molar-refractivity contribution >= 4 is 21.6 Å². The van der Waals surface area contributed by atoms with Gasteiger partial charge in [-0.15, -0.1) is 0 Å². The first-order valence-electron chi connectivity index (χ1n) is 11.0. The summed E-state index contributed by atoms with van der Waals surface area (Å²) in [5.41, 5.74) is 2.35. The first kappa shape index (κ1) is 21.2. The van der Waals surface area contributed by atoms with Gasteiger partial charge in [0, 0.05) is 71.5 Å². The van der Waals surface area contributed by atoms with Gasteiger partial charge in [-0.1, -0.05) is 6.07 Å². The number of aromatic nitrogens is 3. The van der Waals surface area contributed by atoms with Crippen LogP contribution in [0, 0.1) is 0 Å². The molecule has 2 fully saturated rings. The molecule has 0 radical (unpaired) electrons. The van der Waals surface area contributed by atoms with Crippen LogP contribution in [0.15, 0.2) is 47.8 Å². The summed E-state index contributed by atoms with van der Waals surface area (Å²) in [4.78, 5) is 22.1. The van der Waals surface area contributed by atoms with Gasteiger partial charge in [0.05, 0.1) is 5.69 Å². The predicted octanol–water partition coefficient (Wildman–Crippen LogP) is 1.42. The number of carbonyl (C=O) groups excluding carboxylic acids is 1. The molecular formula is C22H28N6O3S. The van der Waals surface area contributed by atoms with E-state index in [1.165, 1.54) is 10.4 Å². The Labute approximate surface area is 187 Å². The number of piperazine rings is 1. The molecule has 2 saturated heterocycles. The Kier molecular flexibility index (Phi) is 5.52. The van der Waals surface area contributed by atoms with Gasteiger partial charge in [0.15, 0.2) is 0 Å². The normalized spacial score (nSPS) is 18.6. The first-order chi connectivity index (χ1) is 15.4. The van der Waals surface area contributed by atoms with E-state index in [9.17, 15) is 13.2 Å². The number of hydrogen-bond donors (Lipinski definition) is 0. The maximum absolute atomic E-state index is 13.1. The van der Waals surface area contributed by atoms with Gasteiger partial charge in [-0.05, 0) is 31.0 Å². The Balaban J connectivity index is 1.23. The summed E-state index contributed by atoms with van der Waals surface area (Å²) in [6.07, 6.45) is 7.36. The molecule has 2 aliphatic heterocycles. The highest BCUT2D eigenvalue weighted by atomic mass is 32.2. The summed E-state index contributed by atoms with van der Waals surface area (Å²) in [5, 5.41) is 0. The van der Waals surface area contributed by atoms with Crippen LogP contribution in [0.5, 0.6) is 0 Å². The highest BCUT2D eigenvalue weighted by Crippen LogP contribution is 2.23. The second-order valence-electron chi connectivity index (χ2n) is 8.55. The molecule has 3 aromatic rings. The molecule has 5 rings (SSSR count). The van der Waals surface area contributed by atoms with Gasteiger partial charge in [-0.2, -0.15) is 4.31 Å². The fraction of sp³-hybridized carbons (Fsp3) is 0.455. The highest BCUT2D eigenvalue weighted by molar-refractivity contribution is 7.89. The van der Waals surface area contributed by atoms with E-state index in [1.54, 1.807) is 17.8 Å². The number of nitrogens with zero attached hydrogens (tertiary/aromatic N) is 6. The fourth-order valence-electron chi connectivity index (χ4n) is 4.53. The average molecular weight is 457 g/mol. The largest absolute Gasteiger partial charge is 0.345 e. The second kappa shape index (κ2) is 8.34. The van der Waals surface area contributed by atoms with Crippen LogP contribution in [0.25, 0.3) is 5.65 Å². The molecule has 2 aliphatic rings. The molecule has 170 valence electrons. The smallest absolute Gasteiger partial charge is 0.270 e. The first-order valence-corrected chi connectivity index (χ1v) is 12.5. The number of aryl methyl sites for hydroxylation is 1. The Morgan fingerprint density at radius 2 is 1.78 bits per heavy atom. The van der Waals surface area contributed by atoms with Crippen molar-refractivity contribution in [3.63, 3.8) is 0 Å². The minimum atomic E-state index is -3.53. The molecule has 0 unspecified atom stereocenters. The van der Waals surface area contributed by atoms with Crippen molar-refractivity contribution in [1.29, 1.82) is 0 Å². The summed E-state index contributed by atoms with van der Waals surface area (Å²) in [7, 11) is -1.80. The van der Waals surface area contributed by atoms with Gasteiger partial charge >= 0.3 is 0 Å². The Morgan fingerprint density at radius 3 is 2.50 bits per heavy atom. The number of carbonyl (C=O) groups is 1. The number of hydrogen-bond acceptors (Lipinski definition) is 5. The van der Waals surface area contributed by atoms with Crippen LogP contribution in [0.2, 0.25) is 0 Å². The van der Waals surface area contributed by atoms with E-state index in [-0.39, 0.29) is 10.8 Å². The zero-order chi connectivity index (χ0) is 22.3. The van der Waals surface area contributed by atoms with E-state index in [2.05, 4.69) is 9.88 Å². The second-order valence-corrected chi connectivity index (χ2v) is 10.5. The molecule has 0 aromatic carbocycles. The maximum Gasteiger partial charge on any atom is 0.270 e. The van der Waals surface area contributed by atoms with E-state index in [4.69, 9.17) is 0 Å². The predicted molar refractivity (Wildman–Crippen MR) is 120 cm³/mol. The van der Waals surface area contributed by atoms with E-state index in [0.29, 0.717) is 31.9 Å². The summed E-state index contributed by atoms with van der Waals surface area (Å²) in [6, 6.07) is 7.47. The molecule has 5 heterocycles. The van der Waals surface area contributed by atoms with Crippen LogP contribution >= 0.6 is 0 Å². The SMILES string of the molecule is Cn1cc(S(=O)(=O)N2CCCC2)cc1C(=O)N1CCN(Cc2cn3ccccc3n2)CC1.